The molecule has 1 aliphatic rings. The van der Waals surface area contributed by atoms with E-state index in [4.69, 9.17) is 0 Å². The largest absolute Gasteiger partial charge is 0.317 e. The second-order valence-corrected chi connectivity index (χ2v) is 4.83. The minimum absolute atomic E-state index is 0.670. The molecule has 0 aliphatic carbocycles. The van der Waals surface area contributed by atoms with Crippen LogP contribution < -0.4 is 5.32 Å². The van der Waals surface area contributed by atoms with Gasteiger partial charge < -0.3 is 5.32 Å². The molecule has 1 saturated heterocycles. The van der Waals surface area contributed by atoms with Gasteiger partial charge in [-0.25, -0.2) is 0 Å². The Labute approximate surface area is 102 Å². The van der Waals surface area contributed by atoms with Crippen LogP contribution in [0.3, 0.4) is 0 Å². The summed E-state index contributed by atoms with van der Waals surface area (Å²) < 4.78 is 0. The maximum atomic E-state index is 4.40. The molecule has 1 N–H and O–H groups in total. The molecule has 3 rings (SSSR count). The number of pyridine rings is 1. The molecule has 2 nitrogen and oxygen atoms in total. The number of hydrogen-bond acceptors (Lipinski definition) is 2. The Morgan fingerprint density at radius 3 is 3.00 bits per heavy atom. The Morgan fingerprint density at radius 2 is 2.00 bits per heavy atom. The Hall–Kier alpha value is -1.41. The molecular formula is C15H18N2. The van der Waals surface area contributed by atoms with E-state index in [1.807, 2.05) is 6.20 Å². The molecular weight excluding hydrogens is 208 g/mol. The van der Waals surface area contributed by atoms with Gasteiger partial charge in [-0.2, -0.15) is 0 Å². The smallest absolute Gasteiger partial charge is 0.0346 e. The lowest BCUT2D eigenvalue weighted by Crippen LogP contribution is -2.13. The summed E-state index contributed by atoms with van der Waals surface area (Å²) in [6.45, 7) is 2.29. The third-order valence-electron chi connectivity index (χ3n) is 3.71. The molecule has 17 heavy (non-hydrogen) atoms. The van der Waals surface area contributed by atoms with Crippen molar-refractivity contribution < 1.29 is 0 Å². The number of rotatable bonds is 1. The first kappa shape index (κ1) is 10.7. The summed E-state index contributed by atoms with van der Waals surface area (Å²) in [6.07, 6.45) is 7.82. The van der Waals surface area contributed by atoms with E-state index in [0.717, 1.165) is 13.1 Å². The molecule has 0 spiro atoms. The van der Waals surface area contributed by atoms with Gasteiger partial charge >= 0.3 is 0 Å². The summed E-state index contributed by atoms with van der Waals surface area (Å²) in [6, 6.07) is 8.59. The number of nitrogens with one attached hydrogen (secondary N) is 1. The third-order valence-corrected chi connectivity index (χ3v) is 3.71. The van der Waals surface area contributed by atoms with Crippen LogP contribution in [0.2, 0.25) is 0 Å². The van der Waals surface area contributed by atoms with Gasteiger partial charge in [-0.3, -0.25) is 4.98 Å². The maximum Gasteiger partial charge on any atom is 0.0346 e. The SMILES string of the molecule is c1ccc2c(C3CCCNCC3)cncc2c1. The Balaban J connectivity index is 2.03. The Bertz CT molecular complexity index is 494. The van der Waals surface area contributed by atoms with Crippen LogP contribution in [0, 0.1) is 0 Å². The van der Waals surface area contributed by atoms with E-state index in [9.17, 15) is 0 Å². The highest BCUT2D eigenvalue weighted by atomic mass is 14.8. The van der Waals surface area contributed by atoms with Crippen LogP contribution in [0.4, 0.5) is 0 Å². The van der Waals surface area contributed by atoms with Crippen LogP contribution in [0.25, 0.3) is 10.8 Å². The minimum Gasteiger partial charge on any atom is -0.317 e. The Morgan fingerprint density at radius 1 is 1.06 bits per heavy atom. The van der Waals surface area contributed by atoms with Crippen molar-refractivity contribution in [2.45, 2.75) is 25.2 Å². The lowest BCUT2D eigenvalue weighted by Gasteiger charge is -2.16. The highest BCUT2D eigenvalue weighted by Gasteiger charge is 2.16. The van der Waals surface area contributed by atoms with E-state index < -0.39 is 0 Å². The number of aromatic nitrogens is 1. The molecule has 2 aromatic rings. The van der Waals surface area contributed by atoms with Crippen LogP contribution in [0.15, 0.2) is 36.7 Å². The normalized spacial score (nSPS) is 21.3. The zero-order valence-corrected chi connectivity index (χ0v) is 10.0. The molecule has 0 amide bonds. The van der Waals surface area contributed by atoms with Gasteiger partial charge in [-0.15, -0.1) is 0 Å². The van der Waals surface area contributed by atoms with Crippen molar-refractivity contribution in [3.8, 4) is 0 Å². The van der Waals surface area contributed by atoms with E-state index >= 15 is 0 Å². The van der Waals surface area contributed by atoms with E-state index in [1.54, 1.807) is 0 Å². The molecule has 1 aliphatic heterocycles. The van der Waals surface area contributed by atoms with Gasteiger partial charge in [0.05, 0.1) is 0 Å². The average Bonchev–Trinajstić information content (AvgIpc) is 2.67. The first-order valence-electron chi connectivity index (χ1n) is 6.48. The molecule has 2 heteroatoms. The molecule has 88 valence electrons. The second-order valence-electron chi connectivity index (χ2n) is 4.83. The predicted octanol–water partition coefficient (Wildman–Crippen LogP) is 3.09. The fraction of sp³-hybridized carbons (Fsp3) is 0.400. The van der Waals surface area contributed by atoms with Crippen molar-refractivity contribution in [1.82, 2.24) is 10.3 Å². The van der Waals surface area contributed by atoms with Gasteiger partial charge in [-0.1, -0.05) is 24.3 Å². The zero-order chi connectivity index (χ0) is 11.5. The molecule has 1 unspecified atom stereocenters. The summed E-state index contributed by atoms with van der Waals surface area (Å²) in [5, 5.41) is 6.12. The zero-order valence-electron chi connectivity index (χ0n) is 10.0. The van der Waals surface area contributed by atoms with Crippen LogP contribution in [0.1, 0.15) is 30.7 Å². The summed E-state index contributed by atoms with van der Waals surface area (Å²) >= 11 is 0. The van der Waals surface area contributed by atoms with Crippen molar-refractivity contribution in [1.29, 1.82) is 0 Å². The van der Waals surface area contributed by atoms with Gasteiger partial charge in [0.25, 0.3) is 0 Å². The van der Waals surface area contributed by atoms with Gasteiger partial charge in [0.1, 0.15) is 0 Å². The van der Waals surface area contributed by atoms with Crippen LogP contribution >= 0.6 is 0 Å². The lowest BCUT2D eigenvalue weighted by atomic mass is 9.90. The fourth-order valence-corrected chi connectivity index (χ4v) is 2.80. The summed E-state index contributed by atoms with van der Waals surface area (Å²) in [7, 11) is 0. The van der Waals surface area contributed by atoms with Gasteiger partial charge in [0, 0.05) is 17.8 Å². The number of nitrogens with zero attached hydrogens (tertiary/aromatic N) is 1. The standard InChI is InChI=1S/C15H18N2/c1-2-6-14-13(4-1)10-17-11-15(14)12-5-3-8-16-9-7-12/h1-2,4,6,10-12,16H,3,5,7-9H2. The van der Waals surface area contributed by atoms with E-state index in [1.165, 1.54) is 35.6 Å². The monoisotopic (exact) mass is 226 g/mol. The molecule has 2 heterocycles. The molecule has 0 radical (unpaired) electrons. The van der Waals surface area contributed by atoms with Crippen molar-refractivity contribution >= 4 is 10.8 Å². The molecule has 1 aromatic heterocycles. The first-order valence-corrected chi connectivity index (χ1v) is 6.48. The quantitative estimate of drug-likeness (QED) is 0.808. The second kappa shape index (κ2) is 4.84. The molecule has 0 saturated carbocycles. The van der Waals surface area contributed by atoms with E-state index in [-0.39, 0.29) is 0 Å². The topological polar surface area (TPSA) is 24.9 Å². The summed E-state index contributed by atoms with van der Waals surface area (Å²) in [4.78, 5) is 4.40. The lowest BCUT2D eigenvalue weighted by molar-refractivity contribution is 0.612. The van der Waals surface area contributed by atoms with E-state index in [0.29, 0.717) is 5.92 Å². The fourth-order valence-electron chi connectivity index (χ4n) is 2.80. The highest BCUT2D eigenvalue weighted by Crippen LogP contribution is 2.30. The number of fused-ring (bicyclic) bond motifs is 1. The van der Waals surface area contributed by atoms with Crippen LogP contribution in [-0.2, 0) is 0 Å². The van der Waals surface area contributed by atoms with Gasteiger partial charge in [-0.05, 0) is 49.2 Å². The van der Waals surface area contributed by atoms with Crippen molar-refractivity contribution in [3.63, 3.8) is 0 Å². The molecule has 0 bridgehead atoms. The van der Waals surface area contributed by atoms with Crippen molar-refractivity contribution in [2.24, 2.45) is 0 Å². The summed E-state index contributed by atoms with van der Waals surface area (Å²) in [5.74, 6) is 0.670. The van der Waals surface area contributed by atoms with Crippen LogP contribution in [-0.4, -0.2) is 18.1 Å². The average molecular weight is 226 g/mol. The van der Waals surface area contributed by atoms with Gasteiger partial charge in [0.15, 0.2) is 0 Å². The maximum absolute atomic E-state index is 4.40. The Kier molecular flexibility index (Phi) is 3.06. The summed E-state index contributed by atoms with van der Waals surface area (Å²) in [5.41, 5.74) is 1.44. The molecule has 1 aromatic carbocycles. The van der Waals surface area contributed by atoms with Crippen molar-refractivity contribution in [3.05, 3.63) is 42.2 Å². The van der Waals surface area contributed by atoms with Gasteiger partial charge in [0.2, 0.25) is 0 Å². The predicted molar refractivity (Wildman–Crippen MR) is 71.2 cm³/mol. The number of benzene rings is 1. The highest BCUT2D eigenvalue weighted by molar-refractivity contribution is 5.85. The van der Waals surface area contributed by atoms with Crippen LogP contribution in [0.5, 0.6) is 0 Å². The first-order chi connectivity index (χ1) is 8.45. The molecule has 1 fully saturated rings. The van der Waals surface area contributed by atoms with Crippen molar-refractivity contribution in [2.75, 3.05) is 13.1 Å². The van der Waals surface area contributed by atoms with E-state index in [2.05, 4.69) is 40.8 Å². The third kappa shape index (κ3) is 2.18. The minimum atomic E-state index is 0.670. The number of hydrogen-bond donors (Lipinski definition) is 1. The molecule has 1 atom stereocenters.